The van der Waals surface area contributed by atoms with E-state index in [1.165, 1.54) is 0 Å². The molecule has 0 aliphatic heterocycles. The van der Waals surface area contributed by atoms with Gasteiger partial charge in [0.2, 0.25) is 10.0 Å². The Morgan fingerprint density at radius 1 is 1.25 bits per heavy atom. The predicted octanol–water partition coefficient (Wildman–Crippen LogP) is 1.96. The standard InChI is InChI=1S/C13H20F2N2O2S/c1-4-17(9-13(2,3)8-16)20(18,19)12-10(14)6-5-7-11(12)15/h5-7H,4,8-9,16H2,1-3H3. The van der Waals surface area contributed by atoms with Crippen molar-refractivity contribution in [2.75, 3.05) is 19.6 Å². The summed E-state index contributed by atoms with van der Waals surface area (Å²) in [5.74, 6) is -2.18. The molecule has 0 aliphatic rings. The van der Waals surface area contributed by atoms with Crippen LogP contribution in [0.4, 0.5) is 8.78 Å². The minimum Gasteiger partial charge on any atom is -0.330 e. The molecular formula is C13H20F2N2O2S. The Hall–Kier alpha value is -1.05. The zero-order valence-corrected chi connectivity index (χ0v) is 12.7. The van der Waals surface area contributed by atoms with Crippen LogP contribution < -0.4 is 5.73 Å². The number of sulfonamides is 1. The van der Waals surface area contributed by atoms with Crippen LogP contribution >= 0.6 is 0 Å². The van der Waals surface area contributed by atoms with E-state index in [1.54, 1.807) is 20.8 Å². The van der Waals surface area contributed by atoms with E-state index < -0.39 is 32.0 Å². The minimum absolute atomic E-state index is 0.0934. The Morgan fingerprint density at radius 3 is 2.15 bits per heavy atom. The van der Waals surface area contributed by atoms with Crippen molar-refractivity contribution in [3.05, 3.63) is 29.8 Å². The Kier molecular flexibility index (Phi) is 5.23. The van der Waals surface area contributed by atoms with Gasteiger partial charge in [0.15, 0.2) is 4.90 Å². The monoisotopic (exact) mass is 306 g/mol. The molecule has 0 amide bonds. The van der Waals surface area contributed by atoms with Crippen molar-refractivity contribution >= 4 is 10.0 Å². The first-order valence-electron chi connectivity index (χ1n) is 6.30. The molecule has 0 saturated heterocycles. The summed E-state index contributed by atoms with van der Waals surface area (Å²) in [6.45, 7) is 5.67. The SMILES string of the molecule is CCN(CC(C)(C)CN)S(=O)(=O)c1c(F)cccc1F. The van der Waals surface area contributed by atoms with Crippen molar-refractivity contribution < 1.29 is 17.2 Å². The maximum Gasteiger partial charge on any atom is 0.248 e. The molecule has 0 aromatic heterocycles. The van der Waals surface area contributed by atoms with Crippen molar-refractivity contribution in [3.8, 4) is 0 Å². The molecule has 0 saturated carbocycles. The van der Waals surface area contributed by atoms with E-state index in [0.717, 1.165) is 22.5 Å². The molecule has 0 heterocycles. The summed E-state index contributed by atoms with van der Waals surface area (Å²) >= 11 is 0. The van der Waals surface area contributed by atoms with Gasteiger partial charge < -0.3 is 5.73 Å². The Bertz CT molecular complexity index is 553. The number of halogens is 2. The average Bonchev–Trinajstić information content (AvgIpc) is 2.35. The molecule has 0 fully saturated rings. The molecule has 4 nitrogen and oxygen atoms in total. The molecule has 0 spiro atoms. The third-order valence-electron chi connectivity index (χ3n) is 3.03. The highest BCUT2D eigenvalue weighted by atomic mass is 32.2. The molecule has 1 rings (SSSR count). The van der Waals surface area contributed by atoms with Gasteiger partial charge in [0, 0.05) is 13.1 Å². The highest BCUT2D eigenvalue weighted by Gasteiger charge is 2.33. The fourth-order valence-electron chi connectivity index (χ4n) is 1.77. The smallest absolute Gasteiger partial charge is 0.248 e. The topological polar surface area (TPSA) is 63.4 Å². The lowest BCUT2D eigenvalue weighted by molar-refractivity contribution is 0.271. The lowest BCUT2D eigenvalue weighted by Crippen LogP contribution is -2.42. The van der Waals surface area contributed by atoms with Crippen LogP contribution in [-0.2, 0) is 10.0 Å². The first-order valence-corrected chi connectivity index (χ1v) is 7.74. The van der Waals surface area contributed by atoms with Crippen LogP contribution in [0.25, 0.3) is 0 Å². The molecule has 114 valence electrons. The summed E-state index contributed by atoms with van der Waals surface area (Å²) < 4.78 is 53.2. The zero-order chi connectivity index (χ0) is 15.6. The van der Waals surface area contributed by atoms with E-state index in [1.807, 2.05) is 0 Å². The first-order chi connectivity index (χ1) is 9.15. The number of rotatable bonds is 6. The molecule has 1 aromatic rings. The third kappa shape index (κ3) is 3.53. The first kappa shape index (κ1) is 17.0. The maximum atomic E-state index is 13.7. The van der Waals surface area contributed by atoms with Crippen LogP contribution in [0.2, 0.25) is 0 Å². The van der Waals surface area contributed by atoms with Gasteiger partial charge in [0.1, 0.15) is 11.6 Å². The highest BCUT2D eigenvalue weighted by Crippen LogP contribution is 2.25. The number of hydrogen-bond acceptors (Lipinski definition) is 3. The van der Waals surface area contributed by atoms with E-state index in [0.29, 0.717) is 0 Å². The van der Waals surface area contributed by atoms with Gasteiger partial charge in [-0.15, -0.1) is 0 Å². The number of nitrogens with zero attached hydrogens (tertiary/aromatic N) is 1. The van der Waals surface area contributed by atoms with Gasteiger partial charge in [-0.2, -0.15) is 4.31 Å². The van der Waals surface area contributed by atoms with Crippen molar-refractivity contribution in [1.82, 2.24) is 4.31 Å². The number of nitrogens with two attached hydrogens (primary N) is 1. The van der Waals surface area contributed by atoms with Gasteiger partial charge in [-0.1, -0.05) is 26.8 Å². The normalized spacial score (nSPS) is 12.9. The second-order valence-corrected chi connectivity index (χ2v) is 7.23. The molecule has 0 bridgehead atoms. The minimum atomic E-state index is -4.23. The lowest BCUT2D eigenvalue weighted by Gasteiger charge is -2.30. The molecule has 0 atom stereocenters. The van der Waals surface area contributed by atoms with Gasteiger partial charge in [0.05, 0.1) is 0 Å². The highest BCUT2D eigenvalue weighted by molar-refractivity contribution is 7.89. The largest absolute Gasteiger partial charge is 0.330 e. The van der Waals surface area contributed by atoms with E-state index >= 15 is 0 Å². The number of benzene rings is 1. The van der Waals surface area contributed by atoms with Crippen LogP contribution in [0.1, 0.15) is 20.8 Å². The van der Waals surface area contributed by atoms with E-state index in [2.05, 4.69) is 0 Å². The molecule has 0 aliphatic carbocycles. The summed E-state index contributed by atoms with van der Waals surface area (Å²) in [6.07, 6.45) is 0. The van der Waals surface area contributed by atoms with Crippen LogP contribution in [0.5, 0.6) is 0 Å². The molecule has 7 heteroatoms. The Morgan fingerprint density at radius 2 is 1.75 bits per heavy atom. The zero-order valence-electron chi connectivity index (χ0n) is 11.9. The summed E-state index contributed by atoms with van der Waals surface area (Å²) in [6, 6.07) is 2.99. The van der Waals surface area contributed by atoms with Crippen molar-refractivity contribution in [3.63, 3.8) is 0 Å². The summed E-state index contributed by atoms with van der Waals surface area (Å²) in [4.78, 5) is -0.908. The predicted molar refractivity (Wildman–Crippen MR) is 73.6 cm³/mol. The van der Waals surface area contributed by atoms with Crippen molar-refractivity contribution in [2.45, 2.75) is 25.7 Å². The Labute approximate surface area is 118 Å². The van der Waals surface area contributed by atoms with Crippen LogP contribution in [0, 0.1) is 17.0 Å². The molecule has 2 N–H and O–H groups in total. The molecule has 0 radical (unpaired) electrons. The maximum absolute atomic E-state index is 13.7. The Balaban J connectivity index is 3.26. The van der Waals surface area contributed by atoms with Crippen LogP contribution in [0.3, 0.4) is 0 Å². The van der Waals surface area contributed by atoms with Crippen molar-refractivity contribution in [1.29, 1.82) is 0 Å². The molecule has 1 aromatic carbocycles. The van der Waals surface area contributed by atoms with Gasteiger partial charge in [-0.3, -0.25) is 0 Å². The second-order valence-electron chi connectivity index (χ2n) is 5.35. The van der Waals surface area contributed by atoms with Gasteiger partial charge in [-0.05, 0) is 24.1 Å². The van der Waals surface area contributed by atoms with Gasteiger partial charge >= 0.3 is 0 Å². The molecular weight excluding hydrogens is 286 g/mol. The summed E-state index contributed by atoms with van der Waals surface area (Å²) in [5.41, 5.74) is 5.10. The van der Waals surface area contributed by atoms with Crippen molar-refractivity contribution in [2.24, 2.45) is 11.1 Å². The third-order valence-corrected chi connectivity index (χ3v) is 5.00. The van der Waals surface area contributed by atoms with Crippen LogP contribution in [-0.4, -0.2) is 32.4 Å². The average molecular weight is 306 g/mol. The van der Waals surface area contributed by atoms with Gasteiger partial charge in [-0.25, -0.2) is 17.2 Å². The number of hydrogen-bond donors (Lipinski definition) is 1. The summed E-state index contributed by atoms with van der Waals surface area (Å²) in [5, 5.41) is 0. The van der Waals surface area contributed by atoms with E-state index in [-0.39, 0.29) is 19.6 Å². The van der Waals surface area contributed by atoms with E-state index in [4.69, 9.17) is 5.73 Å². The second kappa shape index (κ2) is 6.15. The van der Waals surface area contributed by atoms with Crippen LogP contribution in [0.15, 0.2) is 23.1 Å². The fourth-order valence-corrected chi connectivity index (χ4v) is 3.51. The van der Waals surface area contributed by atoms with E-state index in [9.17, 15) is 17.2 Å². The fraction of sp³-hybridized carbons (Fsp3) is 0.538. The lowest BCUT2D eigenvalue weighted by atomic mass is 9.94. The molecule has 20 heavy (non-hydrogen) atoms. The van der Waals surface area contributed by atoms with Gasteiger partial charge in [0.25, 0.3) is 0 Å². The summed E-state index contributed by atoms with van der Waals surface area (Å²) in [7, 11) is -4.23. The molecule has 0 unspecified atom stereocenters. The quantitative estimate of drug-likeness (QED) is 0.874.